The Morgan fingerprint density at radius 1 is 1.16 bits per heavy atom. The van der Waals surface area contributed by atoms with Gasteiger partial charge in [-0.1, -0.05) is 38.8 Å². The number of nitrogens with zero attached hydrogens (tertiary/aromatic N) is 2. The molecule has 0 aliphatic carbocycles. The van der Waals surface area contributed by atoms with Crippen molar-refractivity contribution in [3.63, 3.8) is 0 Å². The number of anilines is 1. The van der Waals surface area contributed by atoms with E-state index in [9.17, 15) is 14.4 Å². The van der Waals surface area contributed by atoms with Crippen LogP contribution < -0.4 is 4.90 Å². The van der Waals surface area contributed by atoms with E-state index in [0.717, 1.165) is 32.1 Å². The van der Waals surface area contributed by atoms with Gasteiger partial charge in [0.05, 0.1) is 11.3 Å². The molecule has 3 rings (SSSR count). The van der Waals surface area contributed by atoms with Crippen LogP contribution in [-0.4, -0.2) is 35.2 Å². The minimum Gasteiger partial charge on any atom is -0.327 e. The van der Waals surface area contributed by atoms with Gasteiger partial charge < -0.3 is 4.90 Å². The summed E-state index contributed by atoms with van der Waals surface area (Å²) in [5, 5.41) is 0. The molecule has 5 nitrogen and oxygen atoms in total. The summed E-state index contributed by atoms with van der Waals surface area (Å²) in [5.41, 5.74) is 0.912. The predicted octanol–water partition coefficient (Wildman–Crippen LogP) is 3.38. The van der Waals surface area contributed by atoms with Crippen molar-refractivity contribution >= 4 is 23.4 Å². The first-order valence-electron chi connectivity index (χ1n) is 9.37. The summed E-state index contributed by atoms with van der Waals surface area (Å²) in [6, 6.07) is 6.51. The number of carbonyl (C=O) groups is 3. The second-order valence-corrected chi connectivity index (χ2v) is 6.96. The van der Waals surface area contributed by atoms with Gasteiger partial charge in [0, 0.05) is 12.5 Å². The molecule has 0 N–H and O–H groups in total. The first kappa shape index (κ1) is 17.6. The minimum atomic E-state index is -0.507. The Balaban J connectivity index is 2.06. The number of para-hydroxylation sites is 1. The molecule has 1 saturated heterocycles. The van der Waals surface area contributed by atoms with Crippen LogP contribution in [0.4, 0.5) is 5.69 Å². The standard InChI is InChI=1S/C20H26N2O3/c1-3-8-14(9-4-2)18(23)22-16-11-6-5-10-15(16)19(24)21-13-7-12-17(21)20(22)25/h5-6,10-11,14,17H,3-4,7-9,12-13H2,1-2H3/t17-/m0/s1. The van der Waals surface area contributed by atoms with Crippen LogP contribution in [0.3, 0.4) is 0 Å². The molecule has 0 bridgehead atoms. The predicted molar refractivity (Wildman–Crippen MR) is 96.3 cm³/mol. The van der Waals surface area contributed by atoms with Crippen molar-refractivity contribution in [2.45, 2.75) is 58.4 Å². The molecule has 25 heavy (non-hydrogen) atoms. The number of rotatable bonds is 5. The van der Waals surface area contributed by atoms with Crippen LogP contribution in [0.25, 0.3) is 0 Å². The molecule has 0 unspecified atom stereocenters. The van der Waals surface area contributed by atoms with E-state index in [1.165, 1.54) is 4.90 Å². The van der Waals surface area contributed by atoms with Gasteiger partial charge in [-0.15, -0.1) is 0 Å². The molecule has 0 aromatic heterocycles. The molecule has 1 aromatic carbocycles. The normalized spacial score (nSPS) is 19.9. The fraction of sp³-hybridized carbons (Fsp3) is 0.550. The highest BCUT2D eigenvalue weighted by Gasteiger charge is 2.44. The largest absolute Gasteiger partial charge is 0.327 e. The van der Waals surface area contributed by atoms with Gasteiger partial charge in [-0.25, -0.2) is 4.90 Å². The van der Waals surface area contributed by atoms with Crippen molar-refractivity contribution in [1.29, 1.82) is 0 Å². The first-order chi connectivity index (χ1) is 12.1. The van der Waals surface area contributed by atoms with Gasteiger partial charge in [0.2, 0.25) is 5.91 Å². The van der Waals surface area contributed by atoms with Crippen LogP contribution in [0.5, 0.6) is 0 Å². The average molecular weight is 342 g/mol. The fourth-order valence-corrected chi connectivity index (χ4v) is 4.04. The molecule has 1 atom stereocenters. The molecule has 2 aliphatic rings. The Kier molecular flexibility index (Phi) is 5.21. The molecule has 3 amide bonds. The number of fused-ring (bicyclic) bond motifs is 2. The van der Waals surface area contributed by atoms with Crippen molar-refractivity contribution in [2.75, 3.05) is 11.4 Å². The van der Waals surface area contributed by atoms with Crippen molar-refractivity contribution in [2.24, 2.45) is 5.92 Å². The van der Waals surface area contributed by atoms with E-state index in [4.69, 9.17) is 0 Å². The highest BCUT2D eigenvalue weighted by Crippen LogP contribution is 2.34. The molecule has 0 spiro atoms. The highest BCUT2D eigenvalue weighted by molar-refractivity contribution is 6.22. The molecule has 0 radical (unpaired) electrons. The van der Waals surface area contributed by atoms with E-state index < -0.39 is 6.04 Å². The summed E-state index contributed by atoms with van der Waals surface area (Å²) in [6.07, 6.45) is 4.76. The summed E-state index contributed by atoms with van der Waals surface area (Å²) in [6.45, 7) is 4.69. The Labute approximate surface area is 149 Å². The maximum absolute atomic E-state index is 13.3. The number of benzene rings is 1. The first-order valence-corrected chi connectivity index (χ1v) is 9.37. The van der Waals surface area contributed by atoms with Crippen LogP contribution in [0.1, 0.15) is 62.7 Å². The molecule has 0 saturated carbocycles. The quantitative estimate of drug-likeness (QED) is 0.824. The SMILES string of the molecule is CCCC(CCC)C(=O)N1C(=O)[C@@H]2CCCN2C(=O)c2ccccc21. The third kappa shape index (κ3) is 3.08. The van der Waals surface area contributed by atoms with E-state index in [1.54, 1.807) is 29.2 Å². The molecular formula is C20H26N2O3. The van der Waals surface area contributed by atoms with Gasteiger partial charge in [-0.2, -0.15) is 0 Å². The summed E-state index contributed by atoms with van der Waals surface area (Å²) < 4.78 is 0. The maximum atomic E-state index is 13.3. The monoisotopic (exact) mass is 342 g/mol. The van der Waals surface area contributed by atoms with E-state index >= 15 is 0 Å². The van der Waals surface area contributed by atoms with Crippen LogP contribution in [0.2, 0.25) is 0 Å². The van der Waals surface area contributed by atoms with Gasteiger partial charge in [-0.05, 0) is 37.8 Å². The zero-order chi connectivity index (χ0) is 18.0. The summed E-state index contributed by atoms with van der Waals surface area (Å²) in [4.78, 5) is 42.3. The molecule has 1 aromatic rings. The topological polar surface area (TPSA) is 57.7 Å². The summed E-state index contributed by atoms with van der Waals surface area (Å²) >= 11 is 0. The number of carbonyl (C=O) groups excluding carboxylic acids is 3. The number of amides is 3. The lowest BCUT2D eigenvalue weighted by atomic mass is 9.95. The van der Waals surface area contributed by atoms with Crippen LogP contribution >= 0.6 is 0 Å². The minimum absolute atomic E-state index is 0.135. The zero-order valence-corrected chi connectivity index (χ0v) is 15.0. The van der Waals surface area contributed by atoms with Crippen molar-refractivity contribution in [1.82, 2.24) is 4.90 Å². The Morgan fingerprint density at radius 3 is 2.52 bits per heavy atom. The lowest BCUT2D eigenvalue weighted by Gasteiger charge is -2.27. The highest BCUT2D eigenvalue weighted by atomic mass is 16.2. The van der Waals surface area contributed by atoms with Crippen molar-refractivity contribution in [3.8, 4) is 0 Å². The van der Waals surface area contributed by atoms with E-state index in [2.05, 4.69) is 13.8 Å². The molecule has 5 heteroatoms. The number of hydrogen-bond acceptors (Lipinski definition) is 3. The smallest absolute Gasteiger partial charge is 0.256 e. The Bertz CT molecular complexity index is 679. The molecule has 1 fully saturated rings. The molecular weight excluding hydrogens is 316 g/mol. The molecule has 134 valence electrons. The fourth-order valence-electron chi connectivity index (χ4n) is 4.04. The lowest BCUT2D eigenvalue weighted by molar-refractivity contribution is -0.130. The molecule has 2 heterocycles. The Hall–Kier alpha value is -2.17. The van der Waals surface area contributed by atoms with Crippen LogP contribution in [0.15, 0.2) is 24.3 Å². The van der Waals surface area contributed by atoms with Gasteiger partial charge in [0.25, 0.3) is 11.8 Å². The van der Waals surface area contributed by atoms with Crippen LogP contribution in [-0.2, 0) is 9.59 Å². The number of imide groups is 1. The second kappa shape index (κ2) is 7.38. The van der Waals surface area contributed by atoms with E-state index in [-0.39, 0.29) is 23.6 Å². The zero-order valence-electron chi connectivity index (χ0n) is 15.0. The maximum Gasteiger partial charge on any atom is 0.256 e. The van der Waals surface area contributed by atoms with Gasteiger partial charge in [-0.3, -0.25) is 14.4 Å². The number of hydrogen-bond donors (Lipinski definition) is 0. The average Bonchev–Trinajstić information content (AvgIpc) is 3.08. The third-order valence-electron chi connectivity index (χ3n) is 5.24. The van der Waals surface area contributed by atoms with Crippen molar-refractivity contribution in [3.05, 3.63) is 29.8 Å². The summed E-state index contributed by atoms with van der Waals surface area (Å²) in [7, 11) is 0. The Morgan fingerprint density at radius 2 is 1.84 bits per heavy atom. The lowest BCUT2D eigenvalue weighted by Crippen LogP contribution is -2.49. The van der Waals surface area contributed by atoms with Gasteiger partial charge in [0.1, 0.15) is 6.04 Å². The van der Waals surface area contributed by atoms with E-state index in [0.29, 0.717) is 24.2 Å². The van der Waals surface area contributed by atoms with Gasteiger partial charge >= 0.3 is 0 Å². The third-order valence-corrected chi connectivity index (χ3v) is 5.24. The summed E-state index contributed by atoms with van der Waals surface area (Å²) in [5.74, 6) is -0.694. The second-order valence-electron chi connectivity index (χ2n) is 6.96. The van der Waals surface area contributed by atoms with Gasteiger partial charge in [0.15, 0.2) is 0 Å². The van der Waals surface area contributed by atoms with E-state index in [1.807, 2.05) is 0 Å². The molecule has 2 aliphatic heterocycles. The van der Waals surface area contributed by atoms with Crippen LogP contribution in [0, 0.1) is 5.92 Å². The van der Waals surface area contributed by atoms with Crippen molar-refractivity contribution < 1.29 is 14.4 Å².